The van der Waals surface area contributed by atoms with Crippen LogP contribution in [0.2, 0.25) is 0 Å². The average molecular weight is 387 g/mol. The Labute approximate surface area is 166 Å². The summed E-state index contributed by atoms with van der Waals surface area (Å²) >= 11 is 0. The Bertz CT molecular complexity index is 791. The summed E-state index contributed by atoms with van der Waals surface area (Å²) in [6.07, 6.45) is 0. The molecule has 5 nitrogen and oxygen atoms in total. The molecule has 0 bridgehead atoms. The standard InChI is InChI=1S/C22H30FN3O2/c1-5-26(6-2)22(28)17-9-7-8-16(12-17)19-11-10-18(23)20(25-19)13-24-21(14-27)15(3)4/h7-12,15,21,24,27H,5-6,13-14H2,1-4H3/t21-/m0/s1. The van der Waals surface area contributed by atoms with Crippen molar-refractivity contribution in [3.05, 3.63) is 53.5 Å². The summed E-state index contributed by atoms with van der Waals surface area (Å²) in [6, 6.07) is 10.1. The number of rotatable bonds is 9. The lowest BCUT2D eigenvalue weighted by Gasteiger charge is -2.20. The maximum atomic E-state index is 14.2. The second-order valence-electron chi connectivity index (χ2n) is 7.10. The molecule has 152 valence electrons. The normalized spacial score (nSPS) is 12.2. The molecule has 0 aliphatic rings. The molecule has 0 spiro atoms. The number of nitrogens with one attached hydrogen (secondary N) is 1. The molecule has 28 heavy (non-hydrogen) atoms. The fourth-order valence-corrected chi connectivity index (χ4v) is 3.01. The van der Waals surface area contributed by atoms with Crippen molar-refractivity contribution < 1.29 is 14.3 Å². The largest absolute Gasteiger partial charge is 0.395 e. The Morgan fingerprint density at radius 2 is 1.93 bits per heavy atom. The smallest absolute Gasteiger partial charge is 0.253 e. The number of aliphatic hydroxyl groups excluding tert-OH is 1. The number of nitrogens with zero attached hydrogens (tertiary/aromatic N) is 2. The molecule has 0 saturated heterocycles. The van der Waals surface area contributed by atoms with Crippen molar-refractivity contribution in [3.63, 3.8) is 0 Å². The molecule has 1 atom stereocenters. The van der Waals surface area contributed by atoms with Gasteiger partial charge in [0.2, 0.25) is 0 Å². The Kier molecular flexibility index (Phi) is 8.08. The summed E-state index contributed by atoms with van der Waals surface area (Å²) in [6.45, 7) is 9.37. The number of amides is 1. The highest BCUT2D eigenvalue weighted by Gasteiger charge is 2.16. The Morgan fingerprint density at radius 1 is 1.21 bits per heavy atom. The Hall–Kier alpha value is -2.31. The molecule has 2 aromatic rings. The first-order valence-electron chi connectivity index (χ1n) is 9.80. The zero-order valence-electron chi connectivity index (χ0n) is 17.1. The van der Waals surface area contributed by atoms with Crippen LogP contribution in [0.3, 0.4) is 0 Å². The van der Waals surface area contributed by atoms with Gasteiger partial charge in [-0.2, -0.15) is 0 Å². The van der Waals surface area contributed by atoms with E-state index in [0.29, 0.717) is 24.3 Å². The van der Waals surface area contributed by atoms with E-state index in [-0.39, 0.29) is 36.7 Å². The third-order valence-electron chi connectivity index (χ3n) is 4.91. The first-order valence-corrected chi connectivity index (χ1v) is 9.80. The van der Waals surface area contributed by atoms with Crippen LogP contribution in [0.15, 0.2) is 36.4 Å². The van der Waals surface area contributed by atoms with Crippen molar-refractivity contribution in [2.45, 2.75) is 40.3 Å². The summed E-state index contributed by atoms with van der Waals surface area (Å²) in [5.41, 5.74) is 2.25. The van der Waals surface area contributed by atoms with Gasteiger partial charge in [-0.05, 0) is 44.0 Å². The number of hydrogen-bond acceptors (Lipinski definition) is 4. The zero-order chi connectivity index (χ0) is 20.7. The van der Waals surface area contributed by atoms with E-state index in [1.165, 1.54) is 6.07 Å². The van der Waals surface area contributed by atoms with Crippen molar-refractivity contribution in [1.29, 1.82) is 0 Å². The first kappa shape index (κ1) is 22.0. The molecule has 2 rings (SSSR count). The molecule has 6 heteroatoms. The van der Waals surface area contributed by atoms with E-state index in [4.69, 9.17) is 0 Å². The molecule has 2 N–H and O–H groups in total. The van der Waals surface area contributed by atoms with Crippen LogP contribution in [0.4, 0.5) is 4.39 Å². The summed E-state index contributed by atoms with van der Waals surface area (Å²) in [4.78, 5) is 18.8. The first-order chi connectivity index (χ1) is 13.4. The minimum Gasteiger partial charge on any atom is -0.395 e. The van der Waals surface area contributed by atoms with Gasteiger partial charge in [-0.25, -0.2) is 9.37 Å². The number of benzene rings is 1. The second-order valence-corrected chi connectivity index (χ2v) is 7.10. The van der Waals surface area contributed by atoms with Crippen molar-refractivity contribution in [2.75, 3.05) is 19.7 Å². The van der Waals surface area contributed by atoms with Gasteiger partial charge in [0.25, 0.3) is 5.91 Å². The van der Waals surface area contributed by atoms with E-state index in [2.05, 4.69) is 10.3 Å². The molecule has 1 amide bonds. The zero-order valence-corrected chi connectivity index (χ0v) is 17.1. The van der Waals surface area contributed by atoms with Crippen LogP contribution in [0, 0.1) is 11.7 Å². The summed E-state index contributed by atoms with van der Waals surface area (Å²) < 4.78 is 14.2. The van der Waals surface area contributed by atoms with E-state index < -0.39 is 5.82 Å². The summed E-state index contributed by atoms with van der Waals surface area (Å²) in [5, 5.41) is 12.6. The van der Waals surface area contributed by atoms with Gasteiger partial charge >= 0.3 is 0 Å². The van der Waals surface area contributed by atoms with Crippen molar-refractivity contribution in [1.82, 2.24) is 15.2 Å². The van der Waals surface area contributed by atoms with Gasteiger partial charge in [-0.1, -0.05) is 26.0 Å². The predicted molar refractivity (Wildman–Crippen MR) is 109 cm³/mol. The molecular formula is C22H30FN3O2. The van der Waals surface area contributed by atoms with Gasteiger partial charge in [-0.15, -0.1) is 0 Å². The monoisotopic (exact) mass is 387 g/mol. The van der Waals surface area contributed by atoms with Crippen LogP contribution in [-0.2, 0) is 6.54 Å². The second kappa shape index (κ2) is 10.3. The number of carbonyl (C=O) groups excluding carboxylic acids is 1. The molecule has 1 heterocycles. The molecule has 1 aromatic heterocycles. The Morgan fingerprint density at radius 3 is 2.54 bits per heavy atom. The number of carbonyl (C=O) groups is 1. The molecule has 1 aromatic carbocycles. The quantitative estimate of drug-likeness (QED) is 0.691. The SMILES string of the molecule is CCN(CC)C(=O)c1cccc(-c2ccc(F)c(CN[C@@H](CO)C(C)C)n2)c1. The van der Waals surface area contributed by atoms with Gasteiger partial charge in [0.1, 0.15) is 5.82 Å². The van der Waals surface area contributed by atoms with Crippen LogP contribution in [0.25, 0.3) is 11.3 Å². The van der Waals surface area contributed by atoms with Crippen LogP contribution in [0.1, 0.15) is 43.7 Å². The maximum Gasteiger partial charge on any atom is 0.253 e. The highest BCUT2D eigenvalue weighted by molar-refractivity contribution is 5.95. The van der Waals surface area contributed by atoms with Gasteiger partial charge in [0, 0.05) is 36.8 Å². The summed E-state index contributed by atoms with van der Waals surface area (Å²) in [7, 11) is 0. The fraction of sp³-hybridized carbons (Fsp3) is 0.455. The van der Waals surface area contributed by atoms with Gasteiger partial charge in [0.05, 0.1) is 18.0 Å². The lowest BCUT2D eigenvalue weighted by molar-refractivity contribution is 0.0773. The number of pyridine rings is 1. The molecular weight excluding hydrogens is 357 g/mol. The molecule has 0 aliphatic heterocycles. The maximum absolute atomic E-state index is 14.2. The lowest BCUT2D eigenvalue weighted by atomic mass is 10.0. The van der Waals surface area contributed by atoms with Gasteiger partial charge in [-0.3, -0.25) is 4.79 Å². The third kappa shape index (κ3) is 5.36. The van der Waals surface area contributed by atoms with Crippen molar-refractivity contribution >= 4 is 5.91 Å². The van der Waals surface area contributed by atoms with Crippen molar-refractivity contribution in [3.8, 4) is 11.3 Å². The van der Waals surface area contributed by atoms with Gasteiger partial charge < -0.3 is 15.3 Å². The van der Waals surface area contributed by atoms with Gasteiger partial charge in [0.15, 0.2) is 0 Å². The third-order valence-corrected chi connectivity index (χ3v) is 4.91. The number of aromatic nitrogens is 1. The summed E-state index contributed by atoms with van der Waals surface area (Å²) in [5.74, 6) is -0.204. The van der Waals surface area contributed by atoms with E-state index in [1.54, 1.807) is 23.1 Å². The van der Waals surface area contributed by atoms with E-state index in [0.717, 1.165) is 5.56 Å². The number of halogens is 1. The topological polar surface area (TPSA) is 65.5 Å². The molecule has 0 radical (unpaired) electrons. The van der Waals surface area contributed by atoms with Crippen LogP contribution in [0.5, 0.6) is 0 Å². The number of aliphatic hydroxyl groups is 1. The minimum absolute atomic E-state index is 0.0194. The molecule has 0 aliphatic carbocycles. The molecule has 0 saturated carbocycles. The van der Waals surface area contributed by atoms with Crippen LogP contribution in [-0.4, -0.2) is 46.6 Å². The Balaban J connectivity index is 2.26. The van der Waals surface area contributed by atoms with Crippen LogP contribution < -0.4 is 5.32 Å². The average Bonchev–Trinajstić information content (AvgIpc) is 2.70. The molecule has 0 fully saturated rings. The lowest BCUT2D eigenvalue weighted by Crippen LogP contribution is -2.36. The predicted octanol–water partition coefficient (Wildman–Crippen LogP) is 3.48. The van der Waals surface area contributed by atoms with Crippen LogP contribution >= 0.6 is 0 Å². The highest BCUT2D eigenvalue weighted by Crippen LogP contribution is 2.21. The highest BCUT2D eigenvalue weighted by atomic mass is 19.1. The minimum atomic E-state index is -0.396. The van der Waals surface area contributed by atoms with Crippen molar-refractivity contribution in [2.24, 2.45) is 5.92 Å². The van der Waals surface area contributed by atoms with E-state index >= 15 is 0 Å². The molecule has 0 unspecified atom stereocenters. The fourth-order valence-electron chi connectivity index (χ4n) is 3.01. The van der Waals surface area contributed by atoms with E-state index in [9.17, 15) is 14.3 Å². The van der Waals surface area contributed by atoms with E-state index in [1.807, 2.05) is 39.8 Å². The number of hydrogen-bond donors (Lipinski definition) is 2.